The average molecular weight is 1150 g/mol. The van der Waals surface area contributed by atoms with Crippen molar-refractivity contribution in [3.8, 4) is 0 Å². The number of amides is 1. The summed E-state index contributed by atoms with van der Waals surface area (Å²) < 4.78 is 17.6. The van der Waals surface area contributed by atoms with Crippen molar-refractivity contribution in [1.29, 1.82) is 0 Å². The Bertz CT molecular complexity index is 1660. The first-order valence-electron chi connectivity index (χ1n) is 33.9. The predicted molar refractivity (Wildman–Crippen MR) is 342 cm³/mol. The molecule has 0 saturated carbocycles. The number of hydrogen-bond acceptors (Lipinski definition) is 10. The lowest BCUT2D eigenvalue weighted by Crippen LogP contribution is -2.61. The van der Waals surface area contributed by atoms with Gasteiger partial charge in [-0.05, 0) is 103 Å². The highest BCUT2D eigenvalue weighted by Crippen LogP contribution is 2.26. The van der Waals surface area contributed by atoms with Crippen LogP contribution in [0.4, 0.5) is 0 Å². The molecule has 0 radical (unpaired) electrons. The fourth-order valence-corrected chi connectivity index (χ4v) is 10.1. The van der Waals surface area contributed by atoms with Crippen molar-refractivity contribution in [2.75, 3.05) is 13.2 Å². The minimum absolute atomic E-state index is 0.0953. The van der Waals surface area contributed by atoms with Crippen LogP contribution in [-0.4, -0.2) is 99.6 Å². The fourth-order valence-electron chi connectivity index (χ4n) is 10.1. The van der Waals surface area contributed by atoms with Crippen LogP contribution in [0.15, 0.2) is 85.1 Å². The molecule has 1 aliphatic heterocycles. The third-order valence-electron chi connectivity index (χ3n) is 15.5. The van der Waals surface area contributed by atoms with Crippen LogP contribution in [0.3, 0.4) is 0 Å². The molecule has 1 fully saturated rings. The number of carbonyl (C=O) groups excluding carboxylic acids is 2. The number of aliphatic hydroxyl groups excluding tert-OH is 5. The molecule has 82 heavy (non-hydrogen) atoms. The normalized spacial score (nSPS) is 19.1. The van der Waals surface area contributed by atoms with E-state index in [0.29, 0.717) is 12.8 Å². The summed E-state index contributed by atoms with van der Waals surface area (Å²) in [5.74, 6) is -1.22. The Hall–Kier alpha value is -3.16. The lowest BCUT2D eigenvalue weighted by Gasteiger charge is -2.41. The standard InChI is InChI=1S/C71H125NO10/c1-4-7-10-13-16-19-22-25-27-29-30-31-32-33-34-35-37-38-40-43-46-49-52-55-58-64(75)70(79)72-62(63(74)57-54-51-48-45-42-24-21-18-15-12-9-6-3)61-80-71-69(68(78)67(77)65(60-73)81-71)82-66(76)59-56-53-50-47-44-41-39-36-28-26-23-20-17-14-11-8-5-2/h16-17,19-20,25-28,30-31,39,41,54,57,62-65,67-69,71,73-75,77-78H,4-15,18,21-24,29,32-38,40,42-53,55-56,58-61H2,1-3H3,(H,72,79)/b19-16-,20-17-,27-25-,28-26-,31-30-,41-39-,57-54+. The molecule has 1 amide bonds. The van der Waals surface area contributed by atoms with Crippen LogP contribution >= 0.6 is 0 Å². The van der Waals surface area contributed by atoms with Gasteiger partial charge >= 0.3 is 5.97 Å². The van der Waals surface area contributed by atoms with Crippen molar-refractivity contribution in [3.05, 3.63) is 85.1 Å². The van der Waals surface area contributed by atoms with Crippen molar-refractivity contribution in [1.82, 2.24) is 5.32 Å². The molecule has 0 aromatic rings. The first-order valence-corrected chi connectivity index (χ1v) is 33.9. The zero-order valence-electron chi connectivity index (χ0n) is 52.6. The van der Waals surface area contributed by atoms with E-state index in [-0.39, 0.29) is 19.4 Å². The van der Waals surface area contributed by atoms with Gasteiger partial charge in [0.1, 0.15) is 24.4 Å². The van der Waals surface area contributed by atoms with Crippen LogP contribution in [0.2, 0.25) is 0 Å². The van der Waals surface area contributed by atoms with Gasteiger partial charge in [-0.25, -0.2) is 0 Å². The minimum atomic E-state index is -1.63. The second kappa shape index (κ2) is 58.2. The number of unbranched alkanes of at least 4 members (excludes halogenated alkanes) is 31. The predicted octanol–water partition coefficient (Wildman–Crippen LogP) is 16.9. The summed E-state index contributed by atoms with van der Waals surface area (Å²) in [5.41, 5.74) is 0. The van der Waals surface area contributed by atoms with Gasteiger partial charge in [-0.1, -0.05) is 266 Å². The van der Waals surface area contributed by atoms with Crippen LogP contribution in [0.5, 0.6) is 0 Å². The average Bonchev–Trinajstić information content (AvgIpc) is 3.68. The third-order valence-corrected chi connectivity index (χ3v) is 15.5. The van der Waals surface area contributed by atoms with Gasteiger partial charge in [-0.15, -0.1) is 0 Å². The number of allylic oxidation sites excluding steroid dienone is 13. The number of nitrogens with one attached hydrogen (secondary N) is 1. The summed E-state index contributed by atoms with van der Waals surface area (Å²) in [6.07, 6.45) is 66.1. The highest BCUT2D eigenvalue weighted by atomic mass is 16.7. The summed E-state index contributed by atoms with van der Waals surface area (Å²) in [6.45, 7) is 5.73. The molecule has 1 aliphatic rings. The van der Waals surface area contributed by atoms with E-state index in [2.05, 4.69) is 99.0 Å². The number of aliphatic hydroxyl groups is 5. The van der Waals surface area contributed by atoms with E-state index >= 15 is 0 Å². The van der Waals surface area contributed by atoms with Gasteiger partial charge in [0, 0.05) is 6.42 Å². The maximum atomic E-state index is 13.5. The Balaban J connectivity index is 2.62. The van der Waals surface area contributed by atoms with Gasteiger partial charge in [0.25, 0.3) is 0 Å². The first-order chi connectivity index (χ1) is 40.2. The molecular weight excluding hydrogens is 1030 g/mol. The van der Waals surface area contributed by atoms with Crippen molar-refractivity contribution in [2.24, 2.45) is 0 Å². The Morgan fingerprint density at radius 3 is 1.28 bits per heavy atom. The maximum absolute atomic E-state index is 13.5. The van der Waals surface area contributed by atoms with Gasteiger partial charge in [-0.2, -0.15) is 0 Å². The molecule has 1 rings (SSSR count). The van der Waals surface area contributed by atoms with Gasteiger partial charge in [0.15, 0.2) is 12.4 Å². The second-order valence-corrected chi connectivity index (χ2v) is 23.2. The lowest BCUT2D eigenvalue weighted by atomic mass is 9.99. The third kappa shape index (κ3) is 45.2. The van der Waals surface area contributed by atoms with Gasteiger partial charge in [0.2, 0.25) is 5.91 Å². The van der Waals surface area contributed by atoms with Crippen molar-refractivity contribution in [2.45, 2.75) is 339 Å². The summed E-state index contributed by atoms with van der Waals surface area (Å²) >= 11 is 0. The topological polar surface area (TPSA) is 175 Å². The minimum Gasteiger partial charge on any atom is -0.454 e. The Kier molecular flexibility index (Phi) is 54.6. The van der Waals surface area contributed by atoms with E-state index in [1.165, 1.54) is 141 Å². The molecule has 6 N–H and O–H groups in total. The summed E-state index contributed by atoms with van der Waals surface area (Å²) in [7, 11) is 0. The number of carbonyl (C=O) groups is 2. The monoisotopic (exact) mass is 1150 g/mol. The van der Waals surface area contributed by atoms with E-state index in [0.717, 1.165) is 103 Å². The zero-order valence-corrected chi connectivity index (χ0v) is 52.6. The summed E-state index contributed by atoms with van der Waals surface area (Å²) in [6, 6.07) is -1.03. The highest BCUT2D eigenvalue weighted by molar-refractivity contribution is 5.80. The van der Waals surface area contributed by atoms with Crippen molar-refractivity contribution >= 4 is 11.9 Å². The van der Waals surface area contributed by atoms with Crippen LogP contribution in [0, 0.1) is 0 Å². The zero-order chi connectivity index (χ0) is 59.6. The van der Waals surface area contributed by atoms with Gasteiger partial charge in [0.05, 0.1) is 25.4 Å². The van der Waals surface area contributed by atoms with E-state index in [9.17, 15) is 35.1 Å². The smallest absolute Gasteiger partial charge is 0.306 e. The SMILES string of the molecule is CCCCC/C=C\C/C=C\C/C=C\CCCCCCCCCCCCCC(O)C(=O)NC(COC1OC(CO)C(O)C(O)C1OC(=O)CCCCCC/C=C\C/C=C\C/C=C\CCCCC)C(O)/C=C/CCCCCCCCCCCC. The largest absolute Gasteiger partial charge is 0.454 e. The van der Waals surface area contributed by atoms with Gasteiger partial charge < -0.3 is 45.1 Å². The van der Waals surface area contributed by atoms with E-state index in [1.54, 1.807) is 6.08 Å². The molecule has 8 unspecified atom stereocenters. The molecule has 1 saturated heterocycles. The molecule has 1 heterocycles. The van der Waals surface area contributed by atoms with E-state index < -0.39 is 67.4 Å². The maximum Gasteiger partial charge on any atom is 0.306 e. The molecule has 474 valence electrons. The fraction of sp³-hybridized carbons (Fsp3) is 0.775. The Labute approximate surface area is 502 Å². The van der Waals surface area contributed by atoms with Gasteiger partial charge in [-0.3, -0.25) is 9.59 Å². The van der Waals surface area contributed by atoms with E-state index in [1.807, 2.05) is 6.08 Å². The molecule has 0 aromatic carbocycles. The van der Waals surface area contributed by atoms with Crippen LogP contribution in [0.1, 0.15) is 290 Å². The quantitative estimate of drug-likeness (QED) is 0.0195. The number of rotatable bonds is 57. The molecule has 0 bridgehead atoms. The number of hydrogen-bond donors (Lipinski definition) is 6. The second-order valence-electron chi connectivity index (χ2n) is 23.2. The highest BCUT2D eigenvalue weighted by Gasteiger charge is 2.47. The van der Waals surface area contributed by atoms with Crippen molar-refractivity contribution in [3.63, 3.8) is 0 Å². The number of esters is 1. The summed E-state index contributed by atoms with van der Waals surface area (Å²) in [4.78, 5) is 26.6. The van der Waals surface area contributed by atoms with Crippen molar-refractivity contribution < 1.29 is 49.3 Å². The molecule has 0 aromatic heterocycles. The molecule has 8 atom stereocenters. The molecule has 11 heteroatoms. The molecule has 11 nitrogen and oxygen atoms in total. The first kappa shape index (κ1) is 76.9. The Morgan fingerprint density at radius 2 is 0.841 bits per heavy atom. The van der Waals surface area contributed by atoms with Crippen LogP contribution in [-0.2, 0) is 23.8 Å². The molecule has 0 aliphatic carbocycles. The Morgan fingerprint density at radius 1 is 0.476 bits per heavy atom. The molecule has 0 spiro atoms. The van der Waals surface area contributed by atoms with Crippen LogP contribution in [0.25, 0.3) is 0 Å². The summed E-state index contributed by atoms with van der Waals surface area (Å²) in [5, 5.41) is 57.1. The van der Waals surface area contributed by atoms with E-state index in [4.69, 9.17) is 14.2 Å². The van der Waals surface area contributed by atoms with Crippen LogP contribution < -0.4 is 5.32 Å². The number of ether oxygens (including phenoxy) is 3. The molecular formula is C71H125NO10. The lowest BCUT2D eigenvalue weighted by molar-refractivity contribution is -0.305.